The van der Waals surface area contributed by atoms with Crippen LogP contribution in [-0.2, 0) is 0 Å². The Hall–Kier alpha value is -1.22. The Balaban J connectivity index is 2.03. The molecule has 1 aromatic carbocycles. The van der Waals surface area contributed by atoms with Gasteiger partial charge in [0.1, 0.15) is 0 Å². The Morgan fingerprint density at radius 1 is 1.40 bits per heavy atom. The van der Waals surface area contributed by atoms with Gasteiger partial charge in [0.25, 0.3) is 0 Å². The van der Waals surface area contributed by atoms with Gasteiger partial charge in [-0.05, 0) is 42.9 Å². The molecular formula is C16H23ClN2O. The maximum Gasteiger partial charge on any atom is 0.250 e. The highest BCUT2D eigenvalue weighted by Gasteiger charge is 2.24. The molecule has 0 aliphatic heterocycles. The minimum atomic E-state index is -0.487. The van der Waals surface area contributed by atoms with Crippen molar-refractivity contribution in [3.8, 4) is 0 Å². The summed E-state index contributed by atoms with van der Waals surface area (Å²) in [4.78, 5) is 11.2. The van der Waals surface area contributed by atoms with E-state index >= 15 is 0 Å². The molecule has 20 heavy (non-hydrogen) atoms. The smallest absolute Gasteiger partial charge is 0.250 e. The van der Waals surface area contributed by atoms with Gasteiger partial charge in [-0.2, -0.15) is 0 Å². The number of nitrogens with two attached hydrogens (primary N) is 1. The third-order valence-electron chi connectivity index (χ3n) is 4.26. The van der Waals surface area contributed by atoms with Crippen molar-refractivity contribution >= 4 is 23.2 Å². The van der Waals surface area contributed by atoms with Gasteiger partial charge < -0.3 is 11.1 Å². The molecule has 0 saturated heterocycles. The number of halogens is 1. The van der Waals surface area contributed by atoms with E-state index in [2.05, 4.69) is 19.2 Å². The average molecular weight is 295 g/mol. The lowest BCUT2D eigenvalue weighted by atomic mass is 9.79. The number of nitrogens with one attached hydrogen (secondary N) is 1. The molecule has 1 amide bonds. The van der Waals surface area contributed by atoms with Crippen LogP contribution in [-0.4, -0.2) is 11.9 Å². The number of carbonyl (C=O) groups is 1. The SMILES string of the molecule is CC(C)C1CCCC(Nc2ccc(C(N)=O)c(Cl)c2)C1. The molecule has 4 heteroatoms. The molecule has 1 fully saturated rings. The lowest BCUT2D eigenvalue weighted by molar-refractivity contribution is 0.100. The molecule has 3 N–H and O–H groups in total. The number of hydrogen-bond acceptors (Lipinski definition) is 2. The molecule has 0 aromatic heterocycles. The highest BCUT2D eigenvalue weighted by atomic mass is 35.5. The van der Waals surface area contributed by atoms with Crippen LogP contribution in [0, 0.1) is 11.8 Å². The Labute approximate surface area is 125 Å². The van der Waals surface area contributed by atoms with Crippen LogP contribution in [0.15, 0.2) is 18.2 Å². The van der Waals surface area contributed by atoms with E-state index < -0.39 is 5.91 Å². The largest absolute Gasteiger partial charge is 0.382 e. The van der Waals surface area contributed by atoms with Crippen molar-refractivity contribution in [2.24, 2.45) is 17.6 Å². The first kappa shape index (κ1) is 15.2. The molecule has 0 spiro atoms. The predicted octanol–water partition coefficient (Wildman–Crippen LogP) is 4.07. The van der Waals surface area contributed by atoms with Gasteiger partial charge in [0.15, 0.2) is 0 Å². The Bertz CT molecular complexity index is 487. The fraction of sp³-hybridized carbons (Fsp3) is 0.562. The van der Waals surface area contributed by atoms with Crippen LogP contribution in [0.1, 0.15) is 49.9 Å². The number of carbonyl (C=O) groups excluding carboxylic acids is 1. The highest BCUT2D eigenvalue weighted by Crippen LogP contribution is 2.32. The number of primary amides is 1. The zero-order chi connectivity index (χ0) is 14.7. The van der Waals surface area contributed by atoms with E-state index in [1.54, 1.807) is 12.1 Å². The van der Waals surface area contributed by atoms with Gasteiger partial charge in [0.2, 0.25) is 5.91 Å². The van der Waals surface area contributed by atoms with Crippen LogP contribution in [0.5, 0.6) is 0 Å². The minimum Gasteiger partial charge on any atom is -0.382 e. The number of anilines is 1. The van der Waals surface area contributed by atoms with Crippen LogP contribution >= 0.6 is 11.6 Å². The van der Waals surface area contributed by atoms with Crippen LogP contribution in [0.25, 0.3) is 0 Å². The maximum atomic E-state index is 11.2. The second-order valence-corrected chi connectivity index (χ2v) is 6.48. The van der Waals surface area contributed by atoms with Gasteiger partial charge in [-0.1, -0.05) is 38.3 Å². The van der Waals surface area contributed by atoms with E-state index in [-0.39, 0.29) is 0 Å². The third-order valence-corrected chi connectivity index (χ3v) is 4.58. The Morgan fingerprint density at radius 2 is 2.15 bits per heavy atom. The fourth-order valence-electron chi connectivity index (χ4n) is 3.00. The van der Waals surface area contributed by atoms with Crippen molar-refractivity contribution in [3.05, 3.63) is 28.8 Å². The Kier molecular flexibility index (Phi) is 4.92. The van der Waals surface area contributed by atoms with Gasteiger partial charge in [-0.15, -0.1) is 0 Å². The molecule has 2 unspecified atom stereocenters. The fourth-order valence-corrected chi connectivity index (χ4v) is 3.28. The summed E-state index contributed by atoms with van der Waals surface area (Å²) in [5.41, 5.74) is 6.60. The number of benzene rings is 1. The first-order valence-corrected chi connectivity index (χ1v) is 7.71. The maximum absolute atomic E-state index is 11.2. The van der Waals surface area contributed by atoms with Crippen molar-refractivity contribution in [1.82, 2.24) is 0 Å². The lowest BCUT2D eigenvalue weighted by Crippen LogP contribution is -2.29. The van der Waals surface area contributed by atoms with Gasteiger partial charge in [0.05, 0.1) is 10.6 Å². The molecule has 0 radical (unpaired) electrons. The van der Waals surface area contributed by atoms with E-state index in [4.69, 9.17) is 17.3 Å². The summed E-state index contributed by atoms with van der Waals surface area (Å²) < 4.78 is 0. The van der Waals surface area contributed by atoms with Gasteiger partial charge in [0, 0.05) is 11.7 Å². The first-order chi connectivity index (χ1) is 9.47. The van der Waals surface area contributed by atoms with E-state index in [0.717, 1.165) is 17.5 Å². The van der Waals surface area contributed by atoms with Crippen LogP contribution in [0.2, 0.25) is 5.02 Å². The topological polar surface area (TPSA) is 55.1 Å². The minimum absolute atomic E-state index is 0.376. The van der Waals surface area contributed by atoms with Crippen LogP contribution in [0.4, 0.5) is 5.69 Å². The van der Waals surface area contributed by atoms with E-state index in [1.165, 1.54) is 25.7 Å². The normalized spacial score (nSPS) is 22.8. The zero-order valence-electron chi connectivity index (χ0n) is 12.2. The number of amides is 1. The molecule has 1 saturated carbocycles. The summed E-state index contributed by atoms with van der Waals surface area (Å²) in [6.07, 6.45) is 5.00. The summed E-state index contributed by atoms with van der Waals surface area (Å²) >= 11 is 6.08. The molecular weight excluding hydrogens is 272 g/mol. The Morgan fingerprint density at radius 3 is 2.75 bits per heavy atom. The first-order valence-electron chi connectivity index (χ1n) is 7.33. The monoisotopic (exact) mass is 294 g/mol. The van der Waals surface area contributed by atoms with Crippen molar-refractivity contribution in [2.75, 3.05) is 5.32 Å². The zero-order valence-corrected chi connectivity index (χ0v) is 12.9. The number of hydrogen-bond donors (Lipinski definition) is 2. The standard InChI is InChI=1S/C16H23ClN2O/c1-10(2)11-4-3-5-12(8-11)19-13-6-7-14(16(18)20)15(17)9-13/h6-7,9-12,19H,3-5,8H2,1-2H3,(H2,18,20). The van der Waals surface area contributed by atoms with Crippen LogP contribution < -0.4 is 11.1 Å². The molecule has 2 atom stereocenters. The molecule has 1 aromatic rings. The van der Waals surface area contributed by atoms with Crippen molar-refractivity contribution in [3.63, 3.8) is 0 Å². The summed E-state index contributed by atoms with van der Waals surface area (Å²) in [6.45, 7) is 4.59. The van der Waals surface area contributed by atoms with Gasteiger partial charge in [-0.3, -0.25) is 4.79 Å². The average Bonchev–Trinajstić information content (AvgIpc) is 2.38. The van der Waals surface area contributed by atoms with Gasteiger partial charge >= 0.3 is 0 Å². The van der Waals surface area contributed by atoms with E-state index in [0.29, 0.717) is 16.6 Å². The lowest BCUT2D eigenvalue weighted by Gasteiger charge is -2.32. The molecule has 3 nitrogen and oxygen atoms in total. The summed E-state index contributed by atoms with van der Waals surface area (Å²) in [6, 6.07) is 5.85. The predicted molar refractivity (Wildman–Crippen MR) is 84.2 cm³/mol. The molecule has 110 valence electrons. The van der Waals surface area contributed by atoms with Gasteiger partial charge in [-0.25, -0.2) is 0 Å². The quantitative estimate of drug-likeness (QED) is 0.879. The van der Waals surface area contributed by atoms with E-state index in [9.17, 15) is 4.79 Å². The molecule has 0 heterocycles. The third kappa shape index (κ3) is 3.66. The van der Waals surface area contributed by atoms with Crippen LogP contribution in [0.3, 0.4) is 0 Å². The molecule has 1 aliphatic rings. The second kappa shape index (κ2) is 6.49. The molecule has 1 aliphatic carbocycles. The molecule has 2 rings (SSSR count). The highest BCUT2D eigenvalue weighted by molar-refractivity contribution is 6.34. The van der Waals surface area contributed by atoms with Crippen molar-refractivity contribution in [1.29, 1.82) is 0 Å². The summed E-state index contributed by atoms with van der Waals surface area (Å²) in [5, 5.41) is 3.95. The van der Waals surface area contributed by atoms with E-state index in [1.807, 2.05) is 6.07 Å². The summed E-state index contributed by atoms with van der Waals surface area (Å²) in [5.74, 6) is 1.04. The number of rotatable bonds is 4. The van der Waals surface area contributed by atoms with Crippen molar-refractivity contribution in [2.45, 2.75) is 45.6 Å². The second-order valence-electron chi connectivity index (χ2n) is 6.07. The van der Waals surface area contributed by atoms with Crippen molar-refractivity contribution < 1.29 is 4.79 Å². The molecule has 0 bridgehead atoms. The summed E-state index contributed by atoms with van der Waals surface area (Å²) in [7, 11) is 0.